The highest BCUT2D eigenvalue weighted by Gasteiger charge is 2.05. The second-order valence-corrected chi connectivity index (χ2v) is 5.62. The van der Waals surface area contributed by atoms with Crippen LogP contribution in [0.2, 0.25) is 0 Å². The summed E-state index contributed by atoms with van der Waals surface area (Å²) in [4.78, 5) is 16.1. The average molecular weight is 335 g/mol. The van der Waals surface area contributed by atoms with Gasteiger partial charge in [0.05, 0.1) is 0 Å². The van der Waals surface area contributed by atoms with E-state index in [1.165, 1.54) is 12.1 Å². The van der Waals surface area contributed by atoms with Crippen LogP contribution in [-0.2, 0) is 13.1 Å². The SMILES string of the molecule is O=C(Nc1cccc(CNCc2cccc(F)c2)c1)c1ccncc1. The molecule has 0 radical (unpaired) electrons. The van der Waals surface area contributed by atoms with Crippen LogP contribution in [0.15, 0.2) is 73.1 Å². The third-order valence-electron chi connectivity index (χ3n) is 3.67. The van der Waals surface area contributed by atoms with Gasteiger partial charge in [0.15, 0.2) is 0 Å². The van der Waals surface area contributed by atoms with Gasteiger partial charge in [-0.1, -0.05) is 24.3 Å². The second-order valence-electron chi connectivity index (χ2n) is 5.62. The number of nitrogens with zero attached hydrogens (tertiary/aromatic N) is 1. The number of carbonyl (C=O) groups is 1. The number of nitrogens with one attached hydrogen (secondary N) is 2. The molecule has 1 amide bonds. The molecule has 5 heteroatoms. The van der Waals surface area contributed by atoms with E-state index in [0.717, 1.165) is 16.8 Å². The Kier molecular flexibility index (Phi) is 5.49. The van der Waals surface area contributed by atoms with Gasteiger partial charge in [-0.05, 0) is 47.5 Å². The lowest BCUT2D eigenvalue weighted by Gasteiger charge is -2.09. The van der Waals surface area contributed by atoms with Crippen molar-refractivity contribution >= 4 is 11.6 Å². The maximum absolute atomic E-state index is 13.2. The molecular weight excluding hydrogens is 317 g/mol. The highest BCUT2D eigenvalue weighted by atomic mass is 19.1. The summed E-state index contributed by atoms with van der Waals surface area (Å²) in [6.45, 7) is 1.20. The topological polar surface area (TPSA) is 54.0 Å². The molecule has 0 saturated heterocycles. The number of halogens is 1. The zero-order valence-electron chi connectivity index (χ0n) is 13.6. The van der Waals surface area contributed by atoms with Crippen LogP contribution in [0.4, 0.5) is 10.1 Å². The van der Waals surface area contributed by atoms with E-state index in [1.807, 2.05) is 30.3 Å². The first-order chi connectivity index (χ1) is 12.2. The molecule has 25 heavy (non-hydrogen) atoms. The van der Waals surface area contributed by atoms with Crippen LogP contribution in [-0.4, -0.2) is 10.9 Å². The first kappa shape index (κ1) is 16.8. The van der Waals surface area contributed by atoms with Gasteiger partial charge in [0.1, 0.15) is 5.82 Å². The van der Waals surface area contributed by atoms with Crippen molar-refractivity contribution in [2.75, 3.05) is 5.32 Å². The van der Waals surface area contributed by atoms with E-state index >= 15 is 0 Å². The van der Waals surface area contributed by atoms with Crippen LogP contribution in [0.1, 0.15) is 21.5 Å². The summed E-state index contributed by atoms with van der Waals surface area (Å²) >= 11 is 0. The molecule has 0 spiro atoms. The molecule has 2 aromatic carbocycles. The van der Waals surface area contributed by atoms with Crippen molar-refractivity contribution in [3.05, 3.63) is 95.6 Å². The monoisotopic (exact) mass is 335 g/mol. The van der Waals surface area contributed by atoms with Gasteiger partial charge in [0.2, 0.25) is 0 Å². The Morgan fingerprint density at radius 1 is 0.920 bits per heavy atom. The summed E-state index contributed by atoms with van der Waals surface area (Å²) < 4.78 is 13.2. The molecule has 0 aliphatic heterocycles. The smallest absolute Gasteiger partial charge is 0.255 e. The summed E-state index contributed by atoms with van der Waals surface area (Å²) in [5.41, 5.74) is 3.21. The lowest BCUT2D eigenvalue weighted by Crippen LogP contribution is -2.14. The largest absolute Gasteiger partial charge is 0.322 e. The Bertz CT molecular complexity index is 852. The van der Waals surface area contributed by atoms with E-state index in [2.05, 4.69) is 15.6 Å². The van der Waals surface area contributed by atoms with Crippen LogP contribution in [0.3, 0.4) is 0 Å². The van der Waals surface area contributed by atoms with E-state index in [-0.39, 0.29) is 11.7 Å². The maximum atomic E-state index is 13.2. The molecule has 0 atom stereocenters. The van der Waals surface area contributed by atoms with Gasteiger partial charge < -0.3 is 10.6 Å². The fourth-order valence-corrected chi connectivity index (χ4v) is 2.46. The molecule has 0 unspecified atom stereocenters. The lowest BCUT2D eigenvalue weighted by molar-refractivity contribution is 0.102. The fourth-order valence-electron chi connectivity index (χ4n) is 2.46. The highest BCUT2D eigenvalue weighted by molar-refractivity contribution is 6.04. The minimum atomic E-state index is -0.236. The molecule has 2 N–H and O–H groups in total. The van der Waals surface area contributed by atoms with Crippen molar-refractivity contribution in [3.8, 4) is 0 Å². The van der Waals surface area contributed by atoms with Gasteiger partial charge in [0.25, 0.3) is 5.91 Å². The minimum Gasteiger partial charge on any atom is -0.322 e. The average Bonchev–Trinajstić information content (AvgIpc) is 2.63. The molecule has 1 heterocycles. The normalized spacial score (nSPS) is 10.4. The summed E-state index contributed by atoms with van der Waals surface area (Å²) in [5, 5.41) is 6.14. The zero-order valence-corrected chi connectivity index (χ0v) is 13.6. The molecule has 3 aromatic rings. The Morgan fingerprint density at radius 2 is 1.60 bits per heavy atom. The number of pyridine rings is 1. The number of aromatic nitrogens is 1. The summed E-state index contributed by atoms with van der Waals surface area (Å²) in [5.74, 6) is -0.410. The van der Waals surface area contributed by atoms with Crippen molar-refractivity contribution in [2.45, 2.75) is 13.1 Å². The van der Waals surface area contributed by atoms with Crippen LogP contribution in [0.5, 0.6) is 0 Å². The van der Waals surface area contributed by atoms with Crippen molar-refractivity contribution in [2.24, 2.45) is 0 Å². The molecule has 0 saturated carbocycles. The van der Waals surface area contributed by atoms with E-state index in [1.54, 1.807) is 30.6 Å². The summed E-state index contributed by atoms with van der Waals surface area (Å²) in [6, 6.07) is 17.5. The van der Waals surface area contributed by atoms with Gasteiger partial charge in [-0.2, -0.15) is 0 Å². The van der Waals surface area contributed by atoms with Gasteiger partial charge in [-0.15, -0.1) is 0 Å². The zero-order chi connectivity index (χ0) is 17.5. The van der Waals surface area contributed by atoms with Crippen LogP contribution < -0.4 is 10.6 Å². The Balaban J connectivity index is 1.57. The molecule has 3 rings (SSSR count). The Hall–Kier alpha value is -3.05. The Labute approximate surface area is 145 Å². The number of hydrogen-bond donors (Lipinski definition) is 2. The molecule has 0 fully saturated rings. The number of anilines is 1. The first-order valence-corrected chi connectivity index (χ1v) is 7.96. The van der Waals surface area contributed by atoms with Crippen molar-refractivity contribution in [3.63, 3.8) is 0 Å². The highest BCUT2D eigenvalue weighted by Crippen LogP contribution is 2.12. The Morgan fingerprint density at radius 3 is 2.32 bits per heavy atom. The van der Waals surface area contributed by atoms with Gasteiger partial charge in [0, 0.05) is 36.7 Å². The molecule has 0 aliphatic carbocycles. The quantitative estimate of drug-likeness (QED) is 0.721. The summed E-state index contributed by atoms with van der Waals surface area (Å²) in [7, 11) is 0. The van der Waals surface area contributed by atoms with Gasteiger partial charge >= 0.3 is 0 Å². The standard InChI is InChI=1S/C20H18FN3O/c21-18-5-1-3-15(11-18)13-23-14-16-4-2-6-19(12-16)24-20(25)17-7-9-22-10-8-17/h1-12,23H,13-14H2,(H,24,25). The number of hydrogen-bond acceptors (Lipinski definition) is 3. The van der Waals surface area contributed by atoms with Crippen LogP contribution >= 0.6 is 0 Å². The number of benzene rings is 2. The van der Waals surface area contributed by atoms with Crippen molar-refractivity contribution in [1.29, 1.82) is 0 Å². The maximum Gasteiger partial charge on any atom is 0.255 e. The predicted molar refractivity (Wildman–Crippen MR) is 95.6 cm³/mol. The number of carbonyl (C=O) groups excluding carboxylic acids is 1. The molecule has 126 valence electrons. The van der Waals surface area contributed by atoms with Crippen molar-refractivity contribution < 1.29 is 9.18 Å². The summed E-state index contributed by atoms with van der Waals surface area (Å²) in [6.07, 6.45) is 3.17. The molecule has 4 nitrogen and oxygen atoms in total. The number of amides is 1. The van der Waals surface area contributed by atoms with Gasteiger partial charge in [-0.3, -0.25) is 9.78 Å². The number of rotatable bonds is 6. The first-order valence-electron chi connectivity index (χ1n) is 7.96. The third kappa shape index (κ3) is 4.96. The van der Waals surface area contributed by atoms with E-state index in [4.69, 9.17) is 0 Å². The molecule has 0 aliphatic rings. The third-order valence-corrected chi connectivity index (χ3v) is 3.67. The molecular formula is C20H18FN3O. The van der Waals surface area contributed by atoms with Gasteiger partial charge in [-0.25, -0.2) is 4.39 Å². The molecule has 1 aromatic heterocycles. The van der Waals surface area contributed by atoms with Crippen molar-refractivity contribution in [1.82, 2.24) is 10.3 Å². The van der Waals surface area contributed by atoms with Crippen LogP contribution in [0, 0.1) is 5.82 Å². The predicted octanol–water partition coefficient (Wildman–Crippen LogP) is 3.76. The van der Waals surface area contributed by atoms with E-state index < -0.39 is 0 Å². The van der Waals surface area contributed by atoms with Crippen LogP contribution in [0.25, 0.3) is 0 Å². The molecule has 0 bridgehead atoms. The fraction of sp³-hybridized carbons (Fsp3) is 0.100. The lowest BCUT2D eigenvalue weighted by atomic mass is 10.1. The second kappa shape index (κ2) is 8.17. The van der Waals surface area contributed by atoms with E-state index in [9.17, 15) is 9.18 Å². The van der Waals surface area contributed by atoms with E-state index in [0.29, 0.717) is 18.7 Å². The minimum absolute atomic E-state index is 0.174.